The van der Waals surface area contributed by atoms with Gasteiger partial charge in [0.15, 0.2) is 0 Å². The minimum Gasteiger partial charge on any atom is -0.371 e. The van der Waals surface area contributed by atoms with Crippen molar-refractivity contribution in [2.24, 2.45) is 5.73 Å². The molecule has 3 fully saturated rings. The van der Waals surface area contributed by atoms with Crippen molar-refractivity contribution in [2.75, 3.05) is 39.3 Å². The summed E-state index contributed by atoms with van der Waals surface area (Å²) in [5, 5.41) is 0. The smallest absolute Gasteiger partial charge is 0.315 e. The number of ether oxygens (including phenoxy) is 1. The Balaban J connectivity index is 1.35. The number of aromatic amines is 1. The summed E-state index contributed by atoms with van der Waals surface area (Å²) in [4.78, 5) is 37.8. The van der Waals surface area contributed by atoms with Gasteiger partial charge in [0, 0.05) is 45.1 Å². The summed E-state index contributed by atoms with van der Waals surface area (Å²) in [6.07, 6.45) is 6.92. The van der Waals surface area contributed by atoms with Gasteiger partial charge in [-0.15, -0.1) is 0 Å². The van der Waals surface area contributed by atoms with E-state index >= 15 is 0 Å². The number of morpholine rings is 1. The minimum absolute atomic E-state index is 0.0204. The summed E-state index contributed by atoms with van der Waals surface area (Å²) in [5.74, 6) is 0.993. The standard InChI is InChI=1S/C18H28N6O3/c19-17(26)24-7-1-2-14(24)16(25)23-10-11-27-18(13-23)3-8-22(9-4-18)12-15-20-5-6-21-15/h5-6,14H,1-4,7-13H2,(H2,19,26)(H,20,21)/t14-/m0/s1. The van der Waals surface area contributed by atoms with Gasteiger partial charge in [0.05, 0.1) is 18.8 Å². The fourth-order valence-electron chi connectivity index (χ4n) is 4.55. The van der Waals surface area contributed by atoms with Crippen molar-refractivity contribution >= 4 is 11.9 Å². The predicted molar refractivity (Wildman–Crippen MR) is 97.7 cm³/mol. The lowest BCUT2D eigenvalue weighted by Gasteiger charge is -2.47. The van der Waals surface area contributed by atoms with Crippen LogP contribution < -0.4 is 5.73 Å². The van der Waals surface area contributed by atoms with Gasteiger partial charge in [-0.2, -0.15) is 0 Å². The van der Waals surface area contributed by atoms with Crippen molar-refractivity contribution in [3.05, 3.63) is 18.2 Å². The molecule has 27 heavy (non-hydrogen) atoms. The number of amides is 3. The quantitative estimate of drug-likeness (QED) is 0.781. The van der Waals surface area contributed by atoms with E-state index < -0.39 is 12.1 Å². The molecule has 1 spiro atoms. The van der Waals surface area contributed by atoms with Gasteiger partial charge < -0.3 is 25.3 Å². The molecule has 0 radical (unpaired) electrons. The Kier molecular flexibility index (Phi) is 5.05. The molecule has 3 aliphatic rings. The number of primary amides is 1. The first-order valence-electron chi connectivity index (χ1n) is 9.76. The number of nitrogens with two attached hydrogens (primary N) is 1. The average Bonchev–Trinajstić information content (AvgIpc) is 3.35. The molecule has 4 heterocycles. The number of H-pyrrole nitrogens is 1. The van der Waals surface area contributed by atoms with Crippen LogP contribution in [0.2, 0.25) is 0 Å². The summed E-state index contributed by atoms with van der Waals surface area (Å²) in [5.41, 5.74) is 5.17. The Bertz CT molecular complexity index is 671. The predicted octanol–water partition coefficient (Wildman–Crippen LogP) is 0.146. The van der Waals surface area contributed by atoms with Crippen LogP contribution in [0.3, 0.4) is 0 Å². The number of aromatic nitrogens is 2. The van der Waals surface area contributed by atoms with Crippen molar-refractivity contribution in [3.63, 3.8) is 0 Å². The molecule has 3 N–H and O–H groups in total. The van der Waals surface area contributed by atoms with Crippen LogP contribution in [-0.2, 0) is 16.1 Å². The van der Waals surface area contributed by atoms with Crippen LogP contribution in [0.1, 0.15) is 31.5 Å². The molecule has 9 nitrogen and oxygen atoms in total. The fraction of sp³-hybridized carbons (Fsp3) is 0.722. The largest absolute Gasteiger partial charge is 0.371 e. The van der Waals surface area contributed by atoms with Crippen LogP contribution in [0, 0.1) is 0 Å². The molecule has 3 amide bonds. The average molecular weight is 376 g/mol. The Morgan fingerprint density at radius 1 is 1.30 bits per heavy atom. The van der Waals surface area contributed by atoms with E-state index in [-0.39, 0.29) is 11.5 Å². The van der Waals surface area contributed by atoms with Crippen molar-refractivity contribution in [1.82, 2.24) is 24.7 Å². The highest BCUT2D eigenvalue weighted by Crippen LogP contribution is 2.31. The van der Waals surface area contributed by atoms with Crippen LogP contribution in [-0.4, -0.2) is 87.6 Å². The molecule has 148 valence electrons. The van der Waals surface area contributed by atoms with Crippen LogP contribution in [0.25, 0.3) is 0 Å². The van der Waals surface area contributed by atoms with E-state index in [1.165, 1.54) is 4.90 Å². The van der Waals surface area contributed by atoms with E-state index in [0.29, 0.717) is 32.7 Å². The molecule has 0 bridgehead atoms. The molecule has 9 heteroatoms. The lowest BCUT2D eigenvalue weighted by Crippen LogP contribution is -2.60. The van der Waals surface area contributed by atoms with Crippen molar-refractivity contribution in [2.45, 2.75) is 43.9 Å². The number of carbonyl (C=O) groups excluding carboxylic acids is 2. The third-order valence-corrected chi connectivity index (χ3v) is 6.08. The highest BCUT2D eigenvalue weighted by atomic mass is 16.5. The minimum atomic E-state index is -0.500. The van der Waals surface area contributed by atoms with Gasteiger partial charge in [-0.05, 0) is 25.7 Å². The number of likely N-dealkylation sites (tertiary alicyclic amines) is 2. The number of hydrogen-bond donors (Lipinski definition) is 2. The Morgan fingerprint density at radius 2 is 2.11 bits per heavy atom. The molecular formula is C18H28N6O3. The highest BCUT2D eigenvalue weighted by Gasteiger charge is 2.44. The topological polar surface area (TPSA) is 108 Å². The van der Waals surface area contributed by atoms with E-state index in [9.17, 15) is 9.59 Å². The first-order chi connectivity index (χ1) is 13.1. The number of imidazole rings is 1. The second kappa shape index (κ2) is 7.47. The highest BCUT2D eigenvalue weighted by molar-refractivity contribution is 5.87. The molecule has 0 saturated carbocycles. The molecule has 0 aromatic carbocycles. The SMILES string of the molecule is NC(=O)N1CCC[C@H]1C(=O)N1CCOC2(CCN(Cc3ncc[nH]3)CC2)C1. The maximum absolute atomic E-state index is 13.0. The summed E-state index contributed by atoms with van der Waals surface area (Å²) in [6, 6.07) is -0.906. The molecule has 1 aromatic heterocycles. The third kappa shape index (κ3) is 3.79. The van der Waals surface area contributed by atoms with Gasteiger partial charge in [-0.3, -0.25) is 9.69 Å². The van der Waals surface area contributed by atoms with E-state index in [1.54, 1.807) is 6.20 Å². The van der Waals surface area contributed by atoms with Crippen LogP contribution in [0.4, 0.5) is 4.79 Å². The second-order valence-electron chi connectivity index (χ2n) is 7.79. The zero-order valence-corrected chi connectivity index (χ0v) is 15.6. The number of carbonyl (C=O) groups is 2. The maximum atomic E-state index is 13.0. The summed E-state index contributed by atoms with van der Waals surface area (Å²) in [6.45, 7) is 4.94. The monoisotopic (exact) mass is 376 g/mol. The number of urea groups is 1. The van der Waals surface area contributed by atoms with E-state index in [0.717, 1.165) is 44.7 Å². The lowest BCUT2D eigenvalue weighted by molar-refractivity contribution is -0.162. The van der Waals surface area contributed by atoms with Gasteiger partial charge in [0.1, 0.15) is 11.9 Å². The van der Waals surface area contributed by atoms with E-state index in [2.05, 4.69) is 14.9 Å². The van der Waals surface area contributed by atoms with Crippen LogP contribution in [0.5, 0.6) is 0 Å². The molecule has 1 aromatic rings. The molecule has 3 saturated heterocycles. The molecule has 0 unspecified atom stereocenters. The first kappa shape index (κ1) is 18.2. The number of nitrogens with zero attached hydrogens (tertiary/aromatic N) is 4. The van der Waals surface area contributed by atoms with Crippen LogP contribution >= 0.6 is 0 Å². The van der Waals surface area contributed by atoms with Gasteiger partial charge in [0.2, 0.25) is 5.91 Å². The molecular weight excluding hydrogens is 348 g/mol. The Labute approximate surface area is 158 Å². The number of nitrogens with one attached hydrogen (secondary N) is 1. The van der Waals surface area contributed by atoms with E-state index in [1.807, 2.05) is 11.1 Å². The number of piperidine rings is 1. The molecule has 0 aliphatic carbocycles. The summed E-state index contributed by atoms with van der Waals surface area (Å²) in [7, 11) is 0. The molecule has 4 rings (SSSR count). The second-order valence-corrected chi connectivity index (χ2v) is 7.79. The van der Waals surface area contributed by atoms with Crippen molar-refractivity contribution in [3.8, 4) is 0 Å². The lowest BCUT2D eigenvalue weighted by atomic mass is 9.89. The summed E-state index contributed by atoms with van der Waals surface area (Å²) >= 11 is 0. The summed E-state index contributed by atoms with van der Waals surface area (Å²) < 4.78 is 6.16. The number of rotatable bonds is 3. The zero-order valence-electron chi connectivity index (χ0n) is 15.6. The Morgan fingerprint density at radius 3 is 2.81 bits per heavy atom. The zero-order chi connectivity index (χ0) is 18.9. The van der Waals surface area contributed by atoms with Crippen molar-refractivity contribution in [1.29, 1.82) is 0 Å². The third-order valence-electron chi connectivity index (χ3n) is 6.08. The fourth-order valence-corrected chi connectivity index (χ4v) is 4.55. The molecule has 3 aliphatic heterocycles. The molecule has 1 atom stereocenters. The first-order valence-corrected chi connectivity index (χ1v) is 9.76. The van der Waals surface area contributed by atoms with Crippen LogP contribution in [0.15, 0.2) is 12.4 Å². The van der Waals surface area contributed by atoms with Gasteiger partial charge >= 0.3 is 6.03 Å². The maximum Gasteiger partial charge on any atom is 0.315 e. The van der Waals surface area contributed by atoms with Gasteiger partial charge in [0.25, 0.3) is 0 Å². The van der Waals surface area contributed by atoms with Gasteiger partial charge in [-0.1, -0.05) is 0 Å². The Hall–Kier alpha value is -2.13. The number of hydrogen-bond acceptors (Lipinski definition) is 5. The van der Waals surface area contributed by atoms with E-state index in [4.69, 9.17) is 10.5 Å². The normalized spacial score (nSPS) is 25.9. The van der Waals surface area contributed by atoms with Gasteiger partial charge in [-0.25, -0.2) is 9.78 Å². The van der Waals surface area contributed by atoms with Crippen molar-refractivity contribution < 1.29 is 14.3 Å².